The summed E-state index contributed by atoms with van der Waals surface area (Å²) < 4.78 is 4.88. The molecule has 6 N–H and O–H groups in total. The van der Waals surface area contributed by atoms with Gasteiger partial charge in [-0.1, -0.05) is 18.2 Å². The summed E-state index contributed by atoms with van der Waals surface area (Å²) in [6, 6.07) is 8.32. The van der Waals surface area contributed by atoms with Crippen molar-refractivity contribution in [2.45, 2.75) is 36.8 Å². The van der Waals surface area contributed by atoms with Gasteiger partial charge in [-0.3, -0.25) is 4.79 Å². The number of ether oxygens (including phenoxy) is 1. The molecule has 0 saturated carbocycles. The molecule has 0 aliphatic carbocycles. The summed E-state index contributed by atoms with van der Waals surface area (Å²) in [5.41, 5.74) is 0.398. The van der Waals surface area contributed by atoms with Crippen LogP contribution in [-0.2, 0) is 4.74 Å². The van der Waals surface area contributed by atoms with Crippen LogP contribution in [0.5, 0.6) is 0 Å². The summed E-state index contributed by atoms with van der Waals surface area (Å²) in [4.78, 5) is 11.8. The minimum absolute atomic E-state index is 0.259. The molecule has 1 aliphatic rings. The summed E-state index contributed by atoms with van der Waals surface area (Å²) in [6.45, 7) is -0.259. The molecule has 0 radical (unpaired) electrons. The van der Waals surface area contributed by atoms with Crippen LogP contribution < -0.4 is 5.32 Å². The van der Waals surface area contributed by atoms with Crippen LogP contribution in [0.4, 0.5) is 0 Å². The van der Waals surface area contributed by atoms with Crippen molar-refractivity contribution in [3.63, 3.8) is 0 Å². The molecular weight excluding hydrogens is 294 g/mol. The molecule has 122 valence electrons. The molecule has 8 nitrogen and oxygen atoms in total. The van der Waals surface area contributed by atoms with E-state index in [0.29, 0.717) is 5.56 Å². The van der Waals surface area contributed by atoms with E-state index in [1.165, 1.54) is 0 Å². The summed E-state index contributed by atoms with van der Waals surface area (Å²) in [7, 11) is 0. The van der Waals surface area contributed by atoms with Crippen molar-refractivity contribution < 1.29 is 35.1 Å². The van der Waals surface area contributed by atoms with Crippen molar-refractivity contribution in [1.82, 2.24) is 5.32 Å². The molecule has 0 unspecified atom stereocenters. The van der Waals surface area contributed by atoms with E-state index < -0.39 is 42.7 Å². The average molecular weight is 313 g/mol. The minimum atomic E-state index is -1.73. The molecule has 1 aromatic carbocycles. The van der Waals surface area contributed by atoms with Crippen molar-refractivity contribution in [2.75, 3.05) is 6.54 Å². The van der Waals surface area contributed by atoms with Gasteiger partial charge in [0, 0.05) is 12.1 Å². The van der Waals surface area contributed by atoms with Gasteiger partial charge in [-0.25, -0.2) is 0 Å². The Bertz CT molecular complexity index is 497. The minimum Gasteiger partial charge on any atom is -0.388 e. The molecule has 1 heterocycles. The first kappa shape index (κ1) is 16.8. The highest BCUT2D eigenvalue weighted by Crippen LogP contribution is 2.22. The number of nitrogens with one attached hydrogen (secondary N) is 1. The SMILES string of the molecule is O=C(NC[C@H](O)[C@@H]1O[C@@H](O)[C@H](O)[C@H](O)[C@H]1O)c1ccccc1. The van der Waals surface area contributed by atoms with E-state index in [1.54, 1.807) is 30.3 Å². The second-order valence-corrected chi connectivity index (χ2v) is 5.11. The fourth-order valence-corrected chi connectivity index (χ4v) is 2.21. The highest BCUT2D eigenvalue weighted by atomic mass is 16.6. The first-order valence-electron chi connectivity index (χ1n) is 6.81. The number of aliphatic hydroxyl groups excluding tert-OH is 5. The molecule has 2 rings (SSSR count). The van der Waals surface area contributed by atoms with Gasteiger partial charge in [0.05, 0.1) is 0 Å². The van der Waals surface area contributed by atoms with Crippen LogP contribution in [0.1, 0.15) is 10.4 Å². The van der Waals surface area contributed by atoms with Crippen LogP contribution in [0.3, 0.4) is 0 Å². The van der Waals surface area contributed by atoms with Crippen LogP contribution in [-0.4, -0.2) is 74.8 Å². The second kappa shape index (κ2) is 7.14. The fraction of sp³-hybridized carbons (Fsp3) is 0.500. The standard InChI is InChI=1S/C14H19NO7/c16-8(6-15-13(20)7-4-2-1-3-5-7)12-10(18)9(17)11(19)14(21)22-12/h1-5,8-12,14,16-19,21H,6H2,(H,15,20)/t8-,9+,10+,11+,12-,14+/m0/s1. The van der Waals surface area contributed by atoms with Crippen molar-refractivity contribution in [3.8, 4) is 0 Å². The third-order valence-electron chi connectivity index (χ3n) is 3.51. The first-order valence-corrected chi connectivity index (χ1v) is 6.81. The average Bonchev–Trinajstić information content (AvgIpc) is 2.54. The Kier molecular flexibility index (Phi) is 5.46. The third-order valence-corrected chi connectivity index (χ3v) is 3.51. The summed E-state index contributed by atoms with van der Waals surface area (Å²) in [6.07, 6.45) is -9.38. The Morgan fingerprint density at radius 2 is 1.73 bits per heavy atom. The van der Waals surface area contributed by atoms with E-state index in [9.17, 15) is 30.3 Å². The molecule has 1 fully saturated rings. The number of amides is 1. The van der Waals surface area contributed by atoms with Crippen LogP contribution in [0.15, 0.2) is 30.3 Å². The number of hydrogen-bond donors (Lipinski definition) is 6. The molecular formula is C14H19NO7. The lowest BCUT2D eigenvalue weighted by Gasteiger charge is -2.40. The van der Waals surface area contributed by atoms with Gasteiger partial charge in [0.1, 0.15) is 30.5 Å². The van der Waals surface area contributed by atoms with Gasteiger partial charge < -0.3 is 35.6 Å². The third kappa shape index (κ3) is 3.61. The van der Waals surface area contributed by atoms with E-state index in [0.717, 1.165) is 0 Å². The molecule has 0 bridgehead atoms. The smallest absolute Gasteiger partial charge is 0.251 e. The number of aliphatic hydroxyl groups is 5. The number of hydrogen-bond acceptors (Lipinski definition) is 7. The second-order valence-electron chi connectivity index (χ2n) is 5.11. The maximum Gasteiger partial charge on any atom is 0.251 e. The molecule has 0 spiro atoms. The van der Waals surface area contributed by atoms with Crippen LogP contribution in [0.2, 0.25) is 0 Å². The monoisotopic (exact) mass is 313 g/mol. The summed E-state index contributed by atoms with van der Waals surface area (Å²) in [5, 5.41) is 50.5. The zero-order chi connectivity index (χ0) is 16.3. The Hall–Kier alpha value is -1.55. The van der Waals surface area contributed by atoms with Crippen molar-refractivity contribution in [1.29, 1.82) is 0 Å². The zero-order valence-corrected chi connectivity index (χ0v) is 11.6. The number of rotatable bonds is 4. The predicted octanol–water partition coefficient (Wildman–Crippen LogP) is -2.42. The number of carbonyl (C=O) groups excluding carboxylic acids is 1. The lowest BCUT2D eigenvalue weighted by Crippen LogP contribution is -2.61. The topological polar surface area (TPSA) is 139 Å². The molecule has 1 amide bonds. The Morgan fingerprint density at radius 1 is 1.09 bits per heavy atom. The summed E-state index contributed by atoms with van der Waals surface area (Å²) in [5.74, 6) is -0.425. The zero-order valence-electron chi connectivity index (χ0n) is 11.6. The van der Waals surface area contributed by atoms with Crippen molar-refractivity contribution >= 4 is 5.91 Å². The van der Waals surface area contributed by atoms with Crippen LogP contribution in [0.25, 0.3) is 0 Å². The van der Waals surface area contributed by atoms with Gasteiger partial charge >= 0.3 is 0 Å². The number of carbonyl (C=O) groups is 1. The molecule has 0 aromatic heterocycles. The van der Waals surface area contributed by atoms with Crippen LogP contribution in [0, 0.1) is 0 Å². The van der Waals surface area contributed by atoms with Gasteiger partial charge in [0.25, 0.3) is 5.91 Å². The maximum absolute atomic E-state index is 11.8. The lowest BCUT2D eigenvalue weighted by atomic mass is 9.95. The fourth-order valence-electron chi connectivity index (χ4n) is 2.21. The van der Waals surface area contributed by atoms with Crippen LogP contribution >= 0.6 is 0 Å². The Morgan fingerprint density at radius 3 is 2.36 bits per heavy atom. The van der Waals surface area contributed by atoms with Gasteiger partial charge in [0.15, 0.2) is 6.29 Å². The highest BCUT2D eigenvalue weighted by Gasteiger charge is 2.45. The van der Waals surface area contributed by atoms with E-state index in [4.69, 9.17) is 4.74 Å². The van der Waals surface area contributed by atoms with Crippen molar-refractivity contribution in [2.24, 2.45) is 0 Å². The Labute approximate surface area is 126 Å². The highest BCUT2D eigenvalue weighted by molar-refractivity contribution is 5.94. The maximum atomic E-state index is 11.8. The largest absolute Gasteiger partial charge is 0.388 e. The van der Waals surface area contributed by atoms with E-state index in [1.807, 2.05) is 0 Å². The van der Waals surface area contributed by atoms with Crippen molar-refractivity contribution in [3.05, 3.63) is 35.9 Å². The van der Waals surface area contributed by atoms with E-state index in [-0.39, 0.29) is 6.54 Å². The first-order chi connectivity index (χ1) is 10.4. The predicted molar refractivity (Wildman–Crippen MR) is 73.7 cm³/mol. The lowest BCUT2D eigenvalue weighted by molar-refractivity contribution is -0.296. The molecule has 1 aliphatic heterocycles. The van der Waals surface area contributed by atoms with E-state index >= 15 is 0 Å². The van der Waals surface area contributed by atoms with Gasteiger partial charge in [0.2, 0.25) is 0 Å². The van der Waals surface area contributed by atoms with Gasteiger partial charge in [-0.15, -0.1) is 0 Å². The molecule has 1 saturated heterocycles. The molecule has 6 atom stereocenters. The Balaban J connectivity index is 1.92. The van der Waals surface area contributed by atoms with E-state index in [2.05, 4.69) is 5.32 Å². The summed E-state index contributed by atoms with van der Waals surface area (Å²) >= 11 is 0. The quantitative estimate of drug-likeness (QED) is 0.363. The molecule has 8 heteroatoms. The number of benzene rings is 1. The molecule has 1 aromatic rings. The van der Waals surface area contributed by atoms with Gasteiger partial charge in [-0.05, 0) is 12.1 Å². The molecule has 22 heavy (non-hydrogen) atoms. The van der Waals surface area contributed by atoms with Gasteiger partial charge in [-0.2, -0.15) is 0 Å². The normalized spacial score (nSPS) is 33.2.